The number of furan rings is 1. The number of carbonyl (C=O) groups excluding carboxylic acids is 2. The first-order chi connectivity index (χ1) is 12.0. The molecular formula is C18H16FNO4S. The fraction of sp³-hybridized carbons (Fsp3) is 0.222. The number of amides is 1. The molecule has 130 valence electrons. The van der Waals surface area contributed by atoms with Crippen molar-refractivity contribution >= 4 is 34.2 Å². The lowest BCUT2D eigenvalue weighted by Crippen LogP contribution is -2.30. The zero-order chi connectivity index (χ0) is 18.0. The number of fused-ring (bicyclic) bond motifs is 1. The molecule has 0 aliphatic heterocycles. The molecule has 0 atom stereocenters. The molecule has 0 fully saturated rings. The molecule has 0 spiro atoms. The molecule has 0 unspecified atom stereocenters. The molecule has 2 heterocycles. The maximum absolute atomic E-state index is 13.7. The Kier molecular flexibility index (Phi) is 4.85. The molecule has 0 aliphatic rings. The number of likely N-dealkylation sites (N-methyl/N-ethyl adjacent to an activating group) is 1. The molecule has 0 saturated heterocycles. The number of para-hydroxylation sites is 1. The van der Waals surface area contributed by atoms with E-state index in [1.54, 1.807) is 37.4 Å². The van der Waals surface area contributed by atoms with Crippen LogP contribution in [0.3, 0.4) is 0 Å². The molecule has 3 rings (SSSR count). The van der Waals surface area contributed by atoms with Gasteiger partial charge in [0.25, 0.3) is 5.91 Å². The third-order valence-electron chi connectivity index (χ3n) is 3.83. The molecule has 7 heteroatoms. The van der Waals surface area contributed by atoms with Gasteiger partial charge >= 0.3 is 5.97 Å². The predicted molar refractivity (Wildman–Crippen MR) is 92.0 cm³/mol. The highest BCUT2D eigenvalue weighted by Crippen LogP contribution is 2.27. The number of halogens is 1. The summed E-state index contributed by atoms with van der Waals surface area (Å²) >= 11 is 1.54. The number of aryl methyl sites for hydroxylation is 1. The van der Waals surface area contributed by atoms with E-state index in [1.165, 1.54) is 11.0 Å². The van der Waals surface area contributed by atoms with E-state index in [0.717, 1.165) is 4.88 Å². The fourth-order valence-corrected chi connectivity index (χ4v) is 3.19. The molecule has 1 aromatic carbocycles. The predicted octanol–water partition coefficient (Wildman–Crippen LogP) is 3.76. The lowest BCUT2D eigenvalue weighted by atomic mass is 10.1. The van der Waals surface area contributed by atoms with E-state index in [0.29, 0.717) is 17.5 Å². The van der Waals surface area contributed by atoms with Crippen LogP contribution >= 0.6 is 11.3 Å². The highest BCUT2D eigenvalue weighted by atomic mass is 32.1. The first-order valence-electron chi connectivity index (χ1n) is 7.58. The lowest BCUT2D eigenvalue weighted by Gasteiger charge is -2.15. The molecule has 0 radical (unpaired) electrons. The van der Waals surface area contributed by atoms with Gasteiger partial charge in [-0.2, -0.15) is 0 Å². The summed E-state index contributed by atoms with van der Waals surface area (Å²) < 4.78 is 24.1. The number of benzene rings is 1. The number of hydrogen-bond acceptors (Lipinski definition) is 5. The van der Waals surface area contributed by atoms with Gasteiger partial charge in [-0.25, -0.2) is 9.18 Å². The Labute approximate surface area is 147 Å². The van der Waals surface area contributed by atoms with Gasteiger partial charge in [0.2, 0.25) is 5.76 Å². The van der Waals surface area contributed by atoms with Crippen LogP contribution in [0.15, 0.2) is 40.1 Å². The molecule has 25 heavy (non-hydrogen) atoms. The summed E-state index contributed by atoms with van der Waals surface area (Å²) in [7, 11) is 1.64. The number of thiophene rings is 1. The van der Waals surface area contributed by atoms with Gasteiger partial charge in [0.1, 0.15) is 0 Å². The van der Waals surface area contributed by atoms with Crippen molar-refractivity contribution in [3.8, 4) is 0 Å². The molecule has 1 amide bonds. The fourth-order valence-electron chi connectivity index (χ4n) is 2.43. The molecular weight excluding hydrogens is 345 g/mol. The van der Waals surface area contributed by atoms with E-state index in [4.69, 9.17) is 9.15 Å². The minimum absolute atomic E-state index is 0.00749. The molecule has 0 aliphatic carbocycles. The van der Waals surface area contributed by atoms with E-state index in [9.17, 15) is 14.0 Å². The Morgan fingerprint density at radius 2 is 2.08 bits per heavy atom. The molecule has 2 aromatic heterocycles. The minimum atomic E-state index is -0.786. The second-order valence-corrected chi connectivity index (χ2v) is 6.61. The minimum Gasteiger partial charge on any atom is -0.450 e. The van der Waals surface area contributed by atoms with E-state index in [1.807, 2.05) is 17.5 Å². The van der Waals surface area contributed by atoms with Crippen molar-refractivity contribution in [2.75, 3.05) is 13.7 Å². The number of nitrogens with zero attached hydrogens (tertiary/aromatic N) is 1. The van der Waals surface area contributed by atoms with Crippen LogP contribution in [0.25, 0.3) is 11.0 Å². The smallest absolute Gasteiger partial charge is 0.375 e. The Morgan fingerprint density at radius 1 is 1.28 bits per heavy atom. The Morgan fingerprint density at radius 3 is 2.76 bits per heavy atom. The standard InChI is InChI=1S/C18H16FNO4S/c1-11-13-6-3-7-14(19)17(13)24-16(11)18(22)23-10-15(21)20(2)9-12-5-4-8-25-12/h3-8H,9-10H2,1-2H3. The number of ether oxygens (including phenoxy) is 1. The van der Waals surface area contributed by atoms with Gasteiger partial charge in [-0.05, 0) is 24.4 Å². The summed E-state index contributed by atoms with van der Waals surface area (Å²) in [6.45, 7) is 1.69. The first kappa shape index (κ1) is 17.2. The maximum Gasteiger partial charge on any atom is 0.375 e. The maximum atomic E-state index is 13.7. The highest BCUT2D eigenvalue weighted by molar-refractivity contribution is 7.09. The van der Waals surface area contributed by atoms with E-state index in [2.05, 4.69) is 0 Å². The van der Waals surface area contributed by atoms with Crippen LogP contribution in [-0.2, 0) is 16.1 Å². The van der Waals surface area contributed by atoms with Crippen LogP contribution in [0.1, 0.15) is 21.0 Å². The summed E-state index contributed by atoms with van der Waals surface area (Å²) in [6, 6.07) is 8.28. The highest BCUT2D eigenvalue weighted by Gasteiger charge is 2.22. The monoisotopic (exact) mass is 361 g/mol. The summed E-state index contributed by atoms with van der Waals surface area (Å²) in [5.74, 6) is -1.76. The van der Waals surface area contributed by atoms with Crippen molar-refractivity contribution in [1.82, 2.24) is 4.90 Å². The average molecular weight is 361 g/mol. The molecule has 0 bridgehead atoms. The van der Waals surface area contributed by atoms with Gasteiger partial charge in [0, 0.05) is 22.9 Å². The van der Waals surface area contributed by atoms with Gasteiger partial charge in [0.05, 0.1) is 6.54 Å². The van der Waals surface area contributed by atoms with Crippen LogP contribution in [0.5, 0.6) is 0 Å². The van der Waals surface area contributed by atoms with Crippen molar-refractivity contribution in [2.45, 2.75) is 13.5 Å². The van der Waals surface area contributed by atoms with Crippen LogP contribution in [0, 0.1) is 12.7 Å². The zero-order valence-electron chi connectivity index (χ0n) is 13.7. The van der Waals surface area contributed by atoms with E-state index < -0.39 is 18.4 Å². The van der Waals surface area contributed by atoms with Gasteiger partial charge in [-0.3, -0.25) is 4.79 Å². The van der Waals surface area contributed by atoms with Crippen molar-refractivity contribution in [1.29, 1.82) is 0 Å². The normalized spacial score (nSPS) is 10.8. The summed E-state index contributed by atoms with van der Waals surface area (Å²) in [6.07, 6.45) is 0. The van der Waals surface area contributed by atoms with Gasteiger partial charge < -0.3 is 14.1 Å². The molecule has 0 N–H and O–H groups in total. The van der Waals surface area contributed by atoms with Gasteiger partial charge in [-0.1, -0.05) is 18.2 Å². The Bertz CT molecular complexity index is 917. The molecule has 0 saturated carbocycles. The summed E-state index contributed by atoms with van der Waals surface area (Å²) in [4.78, 5) is 26.8. The lowest BCUT2D eigenvalue weighted by molar-refractivity contribution is -0.133. The van der Waals surface area contributed by atoms with Crippen LogP contribution in [-0.4, -0.2) is 30.4 Å². The topological polar surface area (TPSA) is 59.8 Å². The number of carbonyl (C=O) groups is 2. The van der Waals surface area contributed by atoms with Crippen LogP contribution in [0.4, 0.5) is 4.39 Å². The van der Waals surface area contributed by atoms with E-state index in [-0.39, 0.29) is 17.3 Å². The molecule has 5 nitrogen and oxygen atoms in total. The van der Waals surface area contributed by atoms with Crippen LogP contribution < -0.4 is 0 Å². The summed E-state index contributed by atoms with van der Waals surface area (Å²) in [5, 5.41) is 2.44. The molecule has 3 aromatic rings. The SMILES string of the molecule is Cc1c(C(=O)OCC(=O)N(C)Cc2cccs2)oc2c(F)cccc12. The average Bonchev–Trinajstić information content (AvgIpc) is 3.21. The van der Waals surface area contributed by atoms with Crippen molar-refractivity contribution < 1.29 is 23.1 Å². The zero-order valence-corrected chi connectivity index (χ0v) is 14.6. The third-order valence-corrected chi connectivity index (χ3v) is 4.69. The second-order valence-electron chi connectivity index (χ2n) is 5.58. The van der Waals surface area contributed by atoms with E-state index >= 15 is 0 Å². The van der Waals surface area contributed by atoms with Crippen molar-refractivity contribution in [3.63, 3.8) is 0 Å². The van der Waals surface area contributed by atoms with Crippen LogP contribution in [0.2, 0.25) is 0 Å². The second kappa shape index (κ2) is 7.06. The Balaban J connectivity index is 1.65. The van der Waals surface area contributed by atoms with Gasteiger partial charge in [-0.15, -0.1) is 11.3 Å². The first-order valence-corrected chi connectivity index (χ1v) is 8.46. The largest absolute Gasteiger partial charge is 0.450 e. The summed E-state index contributed by atoms with van der Waals surface area (Å²) in [5.41, 5.74) is 0.493. The van der Waals surface area contributed by atoms with Crippen molar-refractivity contribution in [3.05, 3.63) is 57.7 Å². The van der Waals surface area contributed by atoms with Crippen molar-refractivity contribution in [2.24, 2.45) is 0 Å². The Hall–Kier alpha value is -2.67. The number of rotatable bonds is 5. The number of esters is 1. The van der Waals surface area contributed by atoms with Gasteiger partial charge in [0.15, 0.2) is 18.0 Å². The number of hydrogen-bond donors (Lipinski definition) is 0. The quantitative estimate of drug-likeness (QED) is 0.649. The third kappa shape index (κ3) is 3.56.